The van der Waals surface area contributed by atoms with Crippen LogP contribution in [0.15, 0.2) is 0 Å². The van der Waals surface area contributed by atoms with Crippen molar-refractivity contribution in [2.45, 2.75) is 52.6 Å². The maximum absolute atomic E-state index is 11.7. The van der Waals surface area contributed by atoms with Gasteiger partial charge in [0.25, 0.3) is 0 Å². The zero-order valence-electron chi connectivity index (χ0n) is 12.9. The summed E-state index contributed by atoms with van der Waals surface area (Å²) >= 11 is 1.37. The topological polar surface area (TPSA) is 93.2 Å². The third kappa shape index (κ3) is 7.60. The number of carbonyl (C=O) groups excluding carboxylic acids is 2. The van der Waals surface area contributed by atoms with Crippen molar-refractivity contribution in [3.63, 3.8) is 0 Å². The van der Waals surface area contributed by atoms with Crippen molar-refractivity contribution in [1.29, 1.82) is 0 Å². The maximum Gasteiger partial charge on any atom is 0.407 e. The molecule has 1 aromatic heterocycles. The molecule has 0 aliphatic carbocycles. The molecule has 0 atom stereocenters. The van der Waals surface area contributed by atoms with E-state index in [0.717, 1.165) is 17.8 Å². The second kappa shape index (κ2) is 7.92. The summed E-state index contributed by atoms with van der Waals surface area (Å²) < 4.78 is 5.07. The van der Waals surface area contributed by atoms with Gasteiger partial charge in [-0.2, -0.15) is 0 Å². The second-order valence-electron chi connectivity index (χ2n) is 5.48. The maximum atomic E-state index is 11.7. The van der Waals surface area contributed by atoms with Crippen LogP contribution in [0.2, 0.25) is 0 Å². The molecule has 8 heteroatoms. The molecule has 118 valence electrons. The number of hydrogen-bond donors (Lipinski definition) is 2. The first kappa shape index (κ1) is 17.4. The number of alkyl carbamates (subject to hydrolysis) is 1. The Morgan fingerprint density at radius 3 is 2.62 bits per heavy atom. The molecule has 0 aliphatic heterocycles. The van der Waals surface area contributed by atoms with Crippen LogP contribution in [0.25, 0.3) is 0 Å². The quantitative estimate of drug-likeness (QED) is 0.840. The lowest BCUT2D eigenvalue weighted by Crippen LogP contribution is -2.34. The Morgan fingerprint density at radius 1 is 1.29 bits per heavy atom. The first-order valence-corrected chi connectivity index (χ1v) is 7.71. The predicted molar refractivity (Wildman–Crippen MR) is 81.4 cm³/mol. The molecule has 2 N–H and O–H groups in total. The van der Waals surface area contributed by atoms with E-state index in [1.165, 1.54) is 11.3 Å². The summed E-state index contributed by atoms with van der Waals surface area (Å²) in [5.41, 5.74) is -0.547. The van der Waals surface area contributed by atoms with Crippen molar-refractivity contribution in [3.05, 3.63) is 5.01 Å². The molecule has 1 heterocycles. The molecule has 0 saturated heterocycles. The van der Waals surface area contributed by atoms with Crippen molar-refractivity contribution < 1.29 is 14.3 Å². The molecule has 0 aliphatic rings. The highest BCUT2D eigenvalue weighted by Crippen LogP contribution is 2.16. The van der Waals surface area contributed by atoms with Crippen LogP contribution >= 0.6 is 11.3 Å². The van der Waals surface area contributed by atoms with Gasteiger partial charge in [-0.05, 0) is 27.2 Å². The van der Waals surface area contributed by atoms with E-state index in [4.69, 9.17) is 4.74 Å². The van der Waals surface area contributed by atoms with E-state index in [1.807, 2.05) is 0 Å². The van der Waals surface area contributed by atoms with Gasteiger partial charge >= 0.3 is 6.09 Å². The minimum absolute atomic E-state index is 0.155. The Bertz CT molecular complexity index is 482. The Balaban J connectivity index is 2.26. The van der Waals surface area contributed by atoms with E-state index < -0.39 is 11.7 Å². The first-order chi connectivity index (χ1) is 9.80. The van der Waals surface area contributed by atoms with Crippen LogP contribution in [0.3, 0.4) is 0 Å². The van der Waals surface area contributed by atoms with Gasteiger partial charge < -0.3 is 15.4 Å². The van der Waals surface area contributed by atoms with Crippen molar-refractivity contribution in [2.24, 2.45) is 0 Å². The normalized spacial score (nSPS) is 11.0. The fraction of sp³-hybridized carbons (Fsp3) is 0.692. The number of rotatable bonds is 6. The first-order valence-electron chi connectivity index (χ1n) is 6.89. The number of hydrogen-bond acceptors (Lipinski definition) is 6. The number of nitrogens with one attached hydrogen (secondary N) is 2. The Morgan fingerprint density at radius 2 is 2.00 bits per heavy atom. The lowest BCUT2D eigenvalue weighted by molar-refractivity contribution is -0.116. The van der Waals surface area contributed by atoms with Crippen molar-refractivity contribution in [2.75, 3.05) is 11.9 Å². The van der Waals surface area contributed by atoms with Crippen LogP contribution in [-0.2, 0) is 16.0 Å². The van der Waals surface area contributed by atoms with Crippen LogP contribution in [-0.4, -0.2) is 34.3 Å². The summed E-state index contributed by atoms with van der Waals surface area (Å²) in [4.78, 5) is 23.1. The SMILES string of the molecule is CCCc1nnc(NC(=O)CCNC(=O)OC(C)(C)C)s1. The van der Waals surface area contributed by atoms with E-state index in [2.05, 4.69) is 27.8 Å². The zero-order chi connectivity index (χ0) is 15.9. The van der Waals surface area contributed by atoms with E-state index in [1.54, 1.807) is 20.8 Å². The van der Waals surface area contributed by atoms with Crippen LogP contribution in [0.1, 0.15) is 45.5 Å². The number of ether oxygens (including phenoxy) is 1. The van der Waals surface area contributed by atoms with Gasteiger partial charge in [-0.3, -0.25) is 4.79 Å². The standard InChI is InChI=1S/C13H22N4O3S/c1-5-6-10-16-17-11(21-10)15-9(18)7-8-14-12(19)20-13(2,3)4/h5-8H2,1-4H3,(H,14,19)(H,15,17,18). The average molecular weight is 314 g/mol. The number of amides is 2. The highest BCUT2D eigenvalue weighted by molar-refractivity contribution is 7.15. The van der Waals surface area contributed by atoms with Gasteiger partial charge in [0.05, 0.1) is 0 Å². The monoisotopic (exact) mass is 314 g/mol. The van der Waals surface area contributed by atoms with Gasteiger partial charge in [0.1, 0.15) is 10.6 Å². The van der Waals surface area contributed by atoms with Crippen molar-refractivity contribution in [3.8, 4) is 0 Å². The van der Waals surface area contributed by atoms with Gasteiger partial charge in [-0.25, -0.2) is 4.79 Å². The zero-order valence-corrected chi connectivity index (χ0v) is 13.7. The van der Waals surface area contributed by atoms with Crippen LogP contribution in [0.5, 0.6) is 0 Å². The minimum Gasteiger partial charge on any atom is -0.444 e. The van der Waals surface area contributed by atoms with Gasteiger partial charge in [0, 0.05) is 19.4 Å². The highest BCUT2D eigenvalue weighted by atomic mass is 32.1. The van der Waals surface area contributed by atoms with Crippen molar-refractivity contribution in [1.82, 2.24) is 15.5 Å². The van der Waals surface area contributed by atoms with E-state index in [9.17, 15) is 9.59 Å². The molecular weight excluding hydrogens is 292 g/mol. The predicted octanol–water partition coefficient (Wildman–Crippen LogP) is 2.34. The Kier molecular flexibility index (Phi) is 6.54. The fourth-order valence-electron chi connectivity index (χ4n) is 1.39. The lowest BCUT2D eigenvalue weighted by Gasteiger charge is -2.19. The molecule has 21 heavy (non-hydrogen) atoms. The van der Waals surface area contributed by atoms with Gasteiger partial charge in [0.15, 0.2) is 0 Å². The molecule has 0 fully saturated rings. The Hall–Kier alpha value is -1.70. The molecule has 1 rings (SSSR count). The molecule has 0 radical (unpaired) electrons. The smallest absolute Gasteiger partial charge is 0.407 e. The van der Waals surface area contributed by atoms with Gasteiger partial charge in [0.2, 0.25) is 11.0 Å². The largest absolute Gasteiger partial charge is 0.444 e. The third-order valence-corrected chi connectivity index (χ3v) is 3.10. The number of nitrogens with zero attached hydrogens (tertiary/aromatic N) is 2. The number of aromatic nitrogens is 2. The van der Waals surface area contributed by atoms with Gasteiger partial charge in [-0.15, -0.1) is 10.2 Å². The van der Waals surface area contributed by atoms with E-state index >= 15 is 0 Å². The summed E-state index contributed by atoms with van der Waals surface area (Å²) in [6.07, 6.45) is 1.47. The molecule has 2 amide bonds. The average Bonchev–Trinajstić information content (AvgIpc) is 2.74. The third-order valence-electron chi connectivity index (χ3n) is 2.20. The molecule has 1 aromatic rings. The fourth-order valence-corrected chi connectivity index (χ4v) is 2.25. The van der Waals surface area contributed by atoms with E-state index in [0.29, 0.717) is 5.13 Å². The molecule has 0 bridgehead atoms. The molecule has 0 unspecified atom stereocenters. The molecular formula is C13H22N4O3S. The van der Waals surface area contributed by atoms with E-state index in [-0.39, 0.29) is 18.9 Å². The summed E-state index contributed by atoms with van der Waals surface area (Å²) in [5, 5.41) is 14.4. The summed E-state index contributed by atoms with van der Waals surface area (Å²) in [5.74, 6) is -0.217. The summed E-state index contributed by atoms with van der Waals surface area (Å²) in [6, 6.07) is 0. The summed E-state index contributed by atoms with van der Waals surface area (Å²) in [6.45, 7) is 7.61. The second-order valence-corrected chi connectivity index (χ2v) is 6.54. The molecule has 0 spiro atoms. The lowest BCUT2D eigenvalue weighted by atomic mass is 10.2. The van der Waals surface area contributed by atoms with Crippen LogP contribution in [0.4, 0.5) is 9.93 Å². The number of anilines is 1. The minimum atomic E-state index is -0.547. The van der Waals surface area contributed by atoms with Crippen LogP contribution < -0.4 is 10.6 Å². The molecule has 0 aromatic carbocycles. The number of aryl methyl sites for hydroxylation is 1. The summed E-state index contributed by atoms with van der Waals surface area (Å²) in [7, 11) is 0. The van der Waals surface area contributed by atoms with Crippen molar-refractivity contribution >= 4 is 28.5 Å². The molecule has 7 nitrogen and oxygen atoms in total. The van der Waals surface area contributed by atoms with Crippen LogP contribution in [0, 0.1) is 0 Å². The van der Waals surface area contributed by atoms with Gasteiger partial charge in [-0.1, -0.05) is 18.3 Å². The Labute approximate surface area is 128 Å². The number of carbonyl (C=O) groups is 2. The highest BCUT2D eigenvalue weighted by Gasteiger charge is 2.16. The molecule has 0 saturated carbocycles.